The molecule has 1 heterocycles. The molecule has 7 nitrogen and oxygen atoms in total. The first-order valence-electron chi connectivity index (χ1n) is 5.17. The van der Waals surface area contributed by atoms with Crippen LogP contribution in [0, 0.1) is 10.1 Å². The van der Waals surface area contributed by atoms with E-state index >= 15 is 0 Å². The second-order valence-electron chi connectivity index (χ2n) is 3.57. The predicted octanol–water partition coefficient (Wildman–Crippen LogP) is 3.15. The molecule has 1 aromatic carbocycles. The number of phenolic OH excluding ortho intramolecular Hbond substituents is 1. The molecule has 0 fully saturated rings. The van der Waals surface area contributed by atoms with E-state index in [0.717, 1.165) is 0 Å². The molecule has 2 aromatic rings. The number of aromatic nitrogens is 2. The molecule has 1 N–H and O–H groups in total. The lowest BCUT2D eigenvalue weighted by Crippen LogP contribution is -1.91. The van der Waals surface area contributed by atoms with Gasteiger partial charge in [-0.15, -0.1) is 0 Å². The fraction of sp³-hybridized carbons (Fsp3) is 0. The van der Waals surface area contributed by atoms with E-state index in [-0.39, 0.29) is 33.3 Å². The number of rotatable bonds is 3. The minimum absolute atomic E-state index is 0.0200. The maximum absolute atomic E-state index is 10.6. The molecule has 0 bridgehead atoms. The van der Waals surface area contributed by atoms with E-state index < -0.39 is 4.92 Å². The van der Waals surface area contributed by atoms with Crippen LogP contribution in [0.25, 0.3) is 0 Å². The van der Waals surface area contributed by atoms with Gasteiger partial charge in [-0.3, -0.25) is 10.1 Å². The Bertz CT molecular complexity index is 686. The number of nitro groups is 1. The zero-order chi connectivity index (χ0) is 14.7. The van der Waals surface area contributed by atoms with Crippen molar-refractivity contribution in [1.82, 2.24) is 9.97 Å². The van der Waals surface area contributed by atoms with Gasteiger partial charge in [0, 0.05) is 30.0 Å². The Kier molecular flexibility index (Phi) is 4.11. The summed E-state index contributed by atoms with van der Waals surface area (Å²) < 4.78 is 0. The molecule has 102 valence electrons. The van der Waals surface area contributed by atoms with E-state index in [4.69, 9.17) is 23.2 Å². The number of halogens is 2. The summed E-state index contributed by atoms with van der Waals surface area (Å²) in [7, 11) is 0. The number of phenols is 1. The Morgan fingerprint density at radius 1 is 1.25 bits per heavy atom. The van der Waals surface area contributed by atoms with Crippen molar-refractivity contribution in [3.8, 4) is 5.75 Å². The van der Waals surface area contributed by atoms with Gasteiger partial charge in [0.1, 0.15) is 16.1 Å². The first kappa shape index (κ1) is 14.2. The van der Waals surface area contributed by atoms with Gasteiger partial charge in [0.25, 0.3) is 11.6 Å². The molecular formula is C11H6Cl2N4O3. The third kappa shape index (κ3) is 3.40. The van der Waals surface area contributed by atoms with Crippen molar-refractivity contribution in [3.05, 3.63) is 50.2 Å². The number of hydrogen-bond donors (Lipinski definition) is 1. The van der Waals surface area contributed by atoms with E-state index in [1.54, 1.807) is 0 Å². The highest BCUT2D eigenvalue weighted by Crippen LogP contribution is 2.22. The van der Waals surface area contributed by atoms with Gasteiger partial charge in [0.05, 0.1) is 4.92 Å². The Balaban J connectivity index is 2.35. The molecule has 0 saturated heterocycles. The van der Waals surface area contributed by atoms with Crippen LogP contribution in [-0.4, -0.2) is 26.2 Å². The molecular weight excluding hydrogens is 307 g/mol. The molecule has 1 aromatic heterocycles. The van der Waals surface area contributed by atoms with Gasteiger partial charge >= 0.3 is 0 Å². The molecule has 0 amide bonds. The van der Waals surface area contributed by atoms with Gasteiger partial charge in [-0.05, 0) is 6.07 Å². The summed E-state index contributed by atoms with van der Waals surface area (Å²) in [5.74, 6) is -0.180. The number of aromatic hydroxyl groups is 1. The fourth-order valence-corrected chi connectivity index (χ4v) is 1.74. The van der Waals surface area contributed by atoms with E-state index in [1.165, 1.54) is 30.5 Å². The van der Waals surface area contributed by atoms with Crippen LogP contribution >= 0.6 is 23.2 Å². The van der Waals surface area contributed by atoms with Crippen molar-refractivity contribution in [1.29, 1.82) is 0 Å². The molecule has 0 spiro atoms. The first-order chi connectivity index (χ1) is 9.45. The Morgan fingerprint density at radius 3 is 2.50 bits per heavy atom. The van der Waals surface area contributed by atoms with Crippen LogP contribution < -0.4 is 0 Å². The Morgan fingerprint density at radius 2 is 1.90 bits per heavy atom. The van der Waals surface area contributed by atoms with Gasteiger partial charge in [-0.1, -0.05) is 23.2 Å². The maximum atomic E-state index is 10.6. The Hall–Kier alpha value is -2.25. The SMILES string of the molecule is O=[N+]([O-])c1ccc(O)c(/C=N/c2nc(Cl)cc(Cl)n2)c1. The smallest absolute Gasteiger partial charge is 0.270 e. The van der Waals surface area contributed by atoms with Crippen molar-refractivity contribution in [2.24, 2.45) is 4.99 Å². The average Bonchev–Trinajstić information content (AvgIpc) is 2.36. The van der Waals surface area contributed by atoms with Crippen LogP contribution in [0.1, 0.15) is 5.56 Å². The average molecular weight is 313 g/mol. The summed E-state index contributed by atoms with van der Waals surface area (Å²) in [6.45, 7) is 0. The van der Waals surface area contributed by atoms with E-state index in [1.807, 2.05) is 0 Å². The quantitative estimate of drug-likeness (QED) is 0.406. The topological polar surface area (TPSA) is 102 Å². The van der Waals surface area contributed by atoms with Crippen LogP contribution in [0.4, 0.5) is 11.6 Å². The third-order valence-corrected chi connectivity index (χ3v) is 2.58. The van der Waals surface area contributed by atoms with Crippen molar-refractivity contribution >= 4 is 41.1 Å². The number of hydrogen-bond acceptors (Lipinski definition) is 6. The molecule has 9 heteroatoms. The fourth-order valence-electron chi connectivity index (χ4n) is 1.32. The maximum Gasteiger partial charge on any atom is 0.270 e. The van der Waals surface area contributed by atoms with E-state index in [0.29, 0.717) is 0 Å². The van der Waals surface area contributed by atoms with Gasteiger partial charge in [-0.25, -0.2) is 4.99 Å². The second-order valence-corrected chi connectivity index (χ2v) is 4.35. The highest BCUT2D eigenvalue weighted by Gasteiger charge is 2.09. The largest absolute Gasteiger partial charge is 0.507 e. The number of nitro benzene ring substituents is 1. The minimum Gasteiger partial charge on any atom is -0.507 e. The molecule has 2 rings (SSSR count). The predicted molar refractivity (Wildman–Crippen MR) is 74.1 cm³/mol. The molecule has 0 aliphatic heterocycles. The monoisotopic (exact) mass is 312 g/mol. The van der Waals surface area contributed by atoms with Crippen LogP contribution in [0.15, 0.2) is 29.3 Å². The van der Waals surface area contributed by atoms with Crippen LogP contribution in [0.3, 0.4) is 0 Å². The van der Waals surface area contributed by atoms with Gasteiger partial charge in [0.2, 0.25) is 0 Å². The summed E-state index contributed by atoms with van der Waals surface area (Å²) in [5, 5.41) is 20.5. The second kappa shape index (κ2) is 5.81. The Labute approximate surface area is 122 Å². The lowest BCUT2D eigenvalue weighted by Gasteiger charge is -1.99. The molecule has 0 aliphatic carbocycles. The highest BCUT2D eigenvalue weighted by molar-refractivity contribution is 6.33. The normalized spacial score (nSPS) is 10.9. The first-order valence-corrected chi connectivity index (χ1v) is 5.93. The lowest BCUT2D eigenvalue weighted by molar-refractivity contribution is -0.384. The molecule has 20 heavy (non-hydrogen) atoms. The number of nitrogens with zero attached hydrogens (tertiary/aromatic N) is 4. The molecule has 0 radical (unpaired) electrons. The summed E-state index contributed by atoms with van der Waals surface area (Å²) in [4.78, 5) is 21.5. The van der Waals surface area contributed by atoms with Crippen molar-refractivity contribution < 1.29 is 10.0 Å². The van der Waals surface area contributed by atoms with Gasteiger partial charge in [0.15, 0.2) is 0 Å². The van der Waals surface area contributed by atoms with Gasteiger partial charge in [-0.2, -0.15) is 9.97 Å². The summed E-state index contributed by atoms with van der Waals surface area (Å²) in [6.07, 6.45) is 1.18. The lowest BCUT2D eigenvalue weighted by atomic mass is 10.2. The van der Waals surface area contributed by atoms with Crippen molar-refractivity contribution in [3.63, 3.8) is 0 Å². The third-order valence-electron chi connectivity index (χ3n) is 2.19. The zero-order valence-electron chi connectivity index (χ0n) is 9.70. The number of non-ortho nitro benzene ring substituents is 1. The summed E-state index contributed by atoms with van der Waals surface area (Å²) in [5.41, 5.74) is -0.0202. The van der Waals surface area contributed by atoms with E-state index in [2.05, 4.69) is 15.0 Å². The van der Waals surface area contributed by atoms with Crippen LogP contribution in [0.5, 0.6) is 5.75 Å². The standard InChI is InChI=1S/C11H6Cl2N4O3/c12-9-4-10(13)16-11(15-9)14-5-6-3-7(17(19)20)1-2-8(6)18/h1-5,18H/b14-5+. The molecule has 0 atom stereocenters. The summed E-state index contributed by atoms with van der Waals surface area (Å²) in [6, 6.07) is 4.89. The number of aliphatic imine (C=N–C) groups is 1. The van der Waals surface area contributed by atoms with Crippen LogP contribution in [-0.2, 0) is 0 Å². The van der Waals surface area contributed by atoms with Crippen molar-refractivity contribution in [2.45, 2.75) is 0 Å². The van der Waals surface area contributed by atoms with Gasteiger partial charge < -0.3 is 5.11 Å². The highest BCUT2D eigenvalue weighted by atomic mass is 35.5. The summed E-state index contributed by atoms with van der Waals surface area (Å²) >= 11 is 11.4. The van der Waals surface area contributed by atoms with E-state index in [9.17, 15) is 15.2 Å². The molecule has 0 unspecified atom stereocenters. The zero-order valence-corrected chi connectivity index (χ0v) is 11.2. The minimum atomic E-state index is -0.580. The molecule has 0 aliphatic rings. The van der Waals surface area contributed by atoms with Crippen molar-refractivity contribution in [2.75, 3.05) is 0 Å². The van der Waals surface area contributed by atoms with Crippen LogP contribution in [0.2, 0.25) is 10.3 Å². The molecule has 0 saturated carbocycles. The number of benzene rings is 1.